The Bertz CT molecular complexity index is 2480. The highest BCUT2D eigenvalue weighted by atomic mass is 15.1. The fourth-order valence-corrected chi connectivity index (χ4v) is 9.20. The Balaban J connectivity index is 1.21. The minimum Gasteiger partial charge on any atom is -0.310 e. The highest BCUT2D eigenvalue weighted by Gasteiger charge is 2.38. The molecular weight excluding hydrogens is 651 g/mol. The van der Waals surface area contributed by atoms with Crippen molar-refractivity contribution in [1.29, 1.82) is 0 Å². The zero-order chi connectivity index (χ0) is 37.2. The van der Waals surface area contributed by atoms with Gasteiger partial charge in [0.15, 0.2) is 0 Å². The fraction of sp³-hybridized carbons (Fsp3) is 0.208. The molecule has 54 heavy (non-hydrogen) atoms. The Labute approximate surface area is 322 Å². The van der Waals surface area contributed by atoms with Gasteiger partial charge in [-0.1, -0.05) is 169 Å². The van der Waals surface area contributed by atoms with Crippen LogP contribution in [0.3, 0.4) is 0 Å². The van der Waals surface area contributed by atoms with E-state index in [1.807, 2.05) is 0 Å². The van der Waals surface area contributed by atoms with E-state index in [9.17, 15) is 0 Å². The van der Waals surface area contributed by atoms with Crippen molar-refractivity contribution < 1.29 is 0 Å². The van der Waals surface area contributed by atoms with Crippen LogP contribution in [0.15, 0.2) is 164 Å². The third-order valence-electron chi connectivity index (χ3n) is 12.6. The lowest BCUT2D eigenvalue weighted by Gasteiger charge is -2.42. The van der Waals surface area contributed by atoms with Gasteiger partial charge in [0.1, 0.15) is 0 Å². The summed E-state index contributed by atoms with van der Waals surface area (Å²) in [6.07, 6.45) is 2.44. The van der Waals surface area contributed by atoms with Crippen LogP contribution < -0.4 is 4.90 Å². The minimum absolute atomic E-state index is 0.128. The van der Waals surface area contributed by atoms with Crippen molar-refractivity contribution in [2.24, 2.45) is 0 Å². The Morgan fingerprint density at radius 1 is 0.352 bits per heavy atom. The molecule has 0 unspecified atom stereocenters. The van der Waals surface area contributed by atoms with Crippen LogP contribution in [-0.2, 0) is 16.2 Å². The summed E-state index contributed by atoms with van der Waals surface area (Å²) in [6.45, 7) is 14.4. The van der Waals surface area contributed by atoms with Crippen LogP contribution in [0.5, 0.6) is 0 Å². The molecule has 2 aliphatic carbocycles. The number of rotatable bonds is 6. The number of benzene rings is 7. The van der Waals surface area contributed by atoms with Gasteiger partial charge in [0.25, 0.3) is 0 Å². The molecule has 7 aromatic carbocycles. The van der Waals surface area contributed by atoms with E-state index in [2.05, 4.69) is 210 Å². The van der Waals surface area contributed by atoms with Gasteiger partial charge < -0.3 is 4.90 Å². The third-order valence-corrected chi connectivity index (χ3v) is 12.6. The van der Waals surface area contributed by atoms with Crippen molar-refractivity contribution in [2.75, 3.05) is 4.90 Å². The monoisotopic (exact) mass is 699 g/mol. The van der Waals surface area contributed by atoms with E-state index in [1.165, 1.54) is 85.3 Å². The Morgan fingerprint density at radius 2 is 0.870 bits per heavy atom. The third kappa shape index (κ3) is 5.69. The van der Waals surface area contributed by atoms with Crippen LogP contribution in [0.1, 0.15) is 76.6 Å². The summed E-state index contributed by atoms with van der Waals surface area (Å²) in [5.41, 5.74) is 19.5. The van der Waals surface area contributed by atoms with E-state index in [1.54, 1.807) is 0 Å². The van der Waals surface area contributed by atoms with Gasteiger partial charge in [0.2, 0.25) is 0 Å². The predicted molar refractivity (Wildman–Crippen MR) is 230 cm³/mol. The standard InChI is InChI=1S/C53H49N/c1-51(2)31-32-52(3,4)49-33-40(27-30-47(49)51)38-21-23-39(24-22-38)44-34-45-43-19-13-14-20-46(43)53(5,6)48(45)35-50(44)54(41-17-11-8-12-18-41)42-28-25-37(26-29-42)36-15-9-7-10-16-36/h7-30,33-35H,31-32H2,1-6H3. The van der Waals surface area contributed by atoms with E-state index in [0.29, 0.717) is 0 Å². The highest BCUT2D eigenvalue weighted by Crippen LogP contribution is 2.54. The van der Waals surface area contributed by atoms with Crippen molar-refractivity contribution >= 4 is 17.1 Å². The summed E-state index contributed by atoms with van der Waals surface area (Å²) in [4.78, 5) is 2.45. The second-order valence-electron chi connectivity index (χ2n) is 17.3. The lowest BCUT2D eigenvalue weighted by Crippen LogP contribution is -2.33. The van der Waals surface area contributed by atoms with Crippen LogP contribution in [0.2, 0.25) is 0 Å². The SMILES string of the molecule is CC1(C)CCC(C)(C)c2cc(-c3ccc(-c4cc5c(cc4N(c4ccccc4)c4ccc(-c6ccccc6)cc4)C(C)(C)c4ccccc4-5)cc3)ccc21. The Kier molecular flexibility index (Phi) is 8.05. The molecule has 0 bridgehead atoms. The van der Waals surface area contributed by atoms with Crippen LogP contribution in [0.25, 0.3) is 44.5 Å². The maximum atomic E-state index is 2.48. The Morgan fingerprint density at radius 3 is 1.57 bits per heavy atom. The molecule has 0 aliphatic heterocycles. The van der Waals surface area contributed by atoms with Gasteiger partial charge in [-0.2, -0.15) is 0 Å². The molecule has 0 spiro atoms. The van der Waals surface area contributed by atoms with Gasteiger partial charge in [-0.3, -0.25) is 0 Å². The molecular formula is C53H49N. The first-order valence-electron chi connectivity index (χ1n) is 19.6. The van der Waals surface area contributed by atoms with E-state index in [0.717, 1.165) is 11.4 Å². The molecule has 0 aromatic heterocycles. The molecule has 0 heterocycles. The molecule has 7 aromatic rings. The second kappa shape index (κ2) is 12.7. The average Bonchev–Trinajstić information content (AvgIpc) is 3.42. The molecule has 0 fully saturated rings. The van der Waals surface area contributed by atoms with Crippen molar-refractivity contribution in [1.82, 2.24) is 0 Å². The molecule has 9 rings (SSSR count). The number of hydrogen-bond donors (Lipinski definition) is 0. The van der Waals surface area contributed by atoms with Gasteiger partial charge >= 0.3 is 0 Å². The summed E-state index contributed by atoms with van der Waals surface area (Å²) >= 11 is 0. The molecule has 266 valence electrons. The van der Waals surface area contributed by atoms with Gasteiger partial charge in [-0.15, -0.1) is 0 Å². The maximum Gasteiger partial charge on any atom is 0.0543 e. The van der Waals surface area contributed by atoms with Gasteiger partial charge in [-0.25, -0.2) is 0 Å². The topological polar surface area (TPSA) is 3.24 Å². The van der Waals surface area contributed by atoms with Crippen LogP contribution in [0, 0.1) is 0 Å². The molecule has 0 N–H and O–H groups in total. The first-order valence-corrected chi connectivity index (χ1v) is 19.6. The number of anilines is 3. The highest BCUT2D eigenvalue weighted by molar-refractivity contribution is 5.95. The summed E-state index contributed by atoms with van der Waals surface area (Å²) in [6, 6.07) is 61.0. The lowest BCUT2D eigenvalue weighted by molar-refractivity contribution is 0.332. The first kappa shape index (κ1) is 34.1. The number of fused-ring (bicyclic) bond motifs is 4. The molecule has 2 aliphatic rings. The number of hydrogen-bond acceptors (Lipinski definition) is 1. The Hall–Kier alpha value is -5.66. The van der Waals surface area contributed by atoms with Crippen LogP contribution in [0.4, 0.5) is 17.1 Å². The smallest absolute Gasteiger partial charge is 0.0543 e. The van der Waals surface area contributed by atoms with Crippen molar-refractivity contribution in [3.8, 4) is 44.5 Å². The number of nitrogens with zero attached hydrogens (tertiary/aromatic N) is 1. The molecule has 1 nitrogen and oxygen atoms in total. The summed E-state index contributed by atoms with van der Waals surface area (Å²) in [7, 11) is 0. The van der Waals surface area contributed by atoms with E-state index in [-0.39, 0.29) is 16.2 Å². The largest absolute Gasteiger partial charge is 0.310 e. The quantitative estimate of drug-likeness (QED) is 0.167. The molecule has 0 amide bonds. The van der Waals surface area contributed by atoms with Crippen molar-refractivity contribution in [3.05, 3.63) is 186 Å². The molecule has 0 saturated carbocycles. The van der Waals surface area contributed by atoms with Gasteiger partial charge in [0, 0.05) is 22.4 Å². The normalized spacial score (nSPS) is 15.9. The second-order valence-corrected chi connectivity index (χ2v) is 17.3. The summed E-state index contributed by atoms with van der Waals surface area (Å²) < 4.78 is 0. The van der Waals surface area contributed by atoms with E-state index in [4.69, 9.17) is 0 Å². The van der Waals surface area contributed by atoms with Gasteiger partial charge in [-0.05, 0) is 121 Å². The van der Waals surface area contributed by atoms with Crippen LogP contribution in [-0.4, -0.2) is 0 Å². The molecule has 0 radical (unpaired) electrons. The summed E-state index contributed by atoms with van der Waals surface area (Å²) in [5, 5.41) is 0. The zero-order valence-corrected chi connectivity index (χ0v) is 32.4. The molecule has 1 heteroatoms. The summed E-state index contributed by atoms with van der Waals surface area (Å²) in [5.74, 6) is 0. The fourth-order valence-electron chi connectivity index (χ4n) is 9.20. The molecule has 0 atom stereocenters. The average molecular weight is 700 g/mol. The lowest BCUT2D eigenvalue weighted by atomic mass is 9.63. The van der Waals surface area contributed by atoms with Crippen molar-refractivity contribution in [2.45, 2.75) is 70.6 Å². The molecule has 0 saturated heterocycles. The minimum atomic E-state index is -0.128. The van der Waals surface area contributed by atoms with Gasteiger partial charge in [0.05, 0.1) is 5.69 Å². The number of para-hydroxylation sites is 1. The van der Waals surface area contributed by atoms with Crippen LogP contribution >= 0.6 is 0 Å². The van der Waals surface area contributed by atoms with E-state index < -0.39 is 0 Å². The first-order chi connectivity index (χ1) is 26.0. The van der Waals surface area contributed by atoms with Crippen molar-refractivity contribution in [3.63, 3.8) is 0 Å². The predicted octanol–water partition coefficient (Wildman–Crippen LogP) is 14.8. The van der Waals surface area contributed by atoms with E-state index >= 15 is 0 Å². The maximum absolute atomic E-state index is 2.48. The zero-order valence-electron chi connectivity index (χ0n) is 32.4.